The standard InChI is InChI=1S/C9H7F2NO/c1-13-8-4-2-3-7(5-8)9(10,11)6-12/h2-5H,1H3. The number of nitrogens with zero attached hydrogens (tertiary/aromatic N) is 1. The van der Waals surface area contributed by atoms with Gasteiger partial charge in [0.25, 0.3) is 0 Å². The minimum atomic E-state index is -3.45. The highest BCUT2D eigenvalue weighted by Gasteiger charge is 2.31. The normalized spacial score (nSPS) is 10.6. The van der Waals surface area contributed by atoms with E-state index in [2.05, 4.69) is 0 Å². The Morgan fingerprint density at radius 1 is 1.46 bits per heavy atom. The number of nitriles is 1. The van der Waals surface area contributed by atoms with Crippen molar-refractivity contribution in [3.8, 4) is 11.8 Å². The predicted octanol–water partition coefficient (Wildman–Crippen LogP) is 2.31. The number of hydrogen-bond acceptors (Lipinski definition) is 2. The molecule has 0 fully saturated rings. The van der Waals surface area contributed by atoms with Gasteiger partial charge in [-0.1, -0.05) is 12.1 Å². The van der Waals surface area contributed by atoms with Crippen LogP contribution in [-0.2, 0) is 5.92 Å². The molecule has 0 radical (unpaired) electrons. The van der Waals surface area contributed by atoms with Crippen LogP contribution in [0, 0.1) is 11.3 Å². The van der Waals surface area contributed by atoms with Crippen LogP contribution in [0.25, 0.3) is 0 Å². The maximum Gasteiger partial charge on any atom is 0.357 e. The second-order valence-corrected chi connectivity index (χ2v) is 2.42. The van der Waals surface area contributed by atoms with Crippen molar-refractivity contribution in [2.45, 2.75) is 5.92 Å². The summed E-state index contributed by atoms with van der Waals surface area (Å²) < 4.78 is 30.3. The van der Waals surface area contributed by atoms with Gasteiger partial charge < -0.3 is 4.74 Å². The average Bonchev–Trinajstić information content (AvgIpc) is 2.18. The Labute approximate surface area is 74.4 Å². The summed E-state index contributed by atoms with van der Waals surface area (Å²) in [6.45, 7) is 0. The summed E-state index contributed by atoms with van der Waals surface area (Å²) in [6.07, 6.45) is 0. The molecule has 0 unspecified atom stereocenters. The lowest BCUT2D eigenvalue weighted by Crippen LogP contribution is -2.09. The maximum atomic E-state index is 12.8. The number of halogens is 2. The quantitative estimate of drug-likeness (QED) is 0.704. The maximum absolute atomic E-state index is 12.8. The lowest BCUT2D eigenvalue weighted by atomic mass is 10.1. The zero-order valence-electron chi connectivity index (χ0n) is 6.92. The van der Waals surface area contributed by atoms with E-state index in [1.807, 2.05) is 0 Å². The molecular formula is C9H7F2NO. The minimum absolute atomic E-state index is 0.312. The predicted molar refractivity (Wildman–Crippen MR) is 42.5 cm³/mol. The van der Waals surface area contributed by atoms with E-state index >= 15 is 0 Å². The monoisotopic (exact) mass is 183 g/mol. The van der Waals surface area contributed by atoms with Crippen LogP contribution in [-0.4, -0.2) is 7.11 Å². The zero-order chi connectivity index (χ0) is 9.90. The topological polar surface area (TPSA) is 33.0 Å². The molecule has 0 saturated carbocycles. The van der Waals surface area contributed by atoms with Gasteiger partial charge in [0.15, 0.2) is 0 Å². The van der Waals surface area contributed by atoms with Crippen molar-refractivity contribution < 1.29 is 13.5 Å². The molecule has 0 saturated heterocycles. The van der Waals surface area contributed by atoms with Crippen molar-refractivity contribution in [2.75, 3.05) is 7.11 Å². The third-order valence-corrected chi connectivity index (χ3v) is 1.57. The Morgan fingerprint density at radius 3 is 2.69 bits per heavy atom. The number of alkyl halides is 2. The lowest BCUT2D eigenvalue weighted by Gasteiger charge is -2.08. The molecule has 4 heteroatoms. The van der Waals surface area contributed by atoms with Crippen LogP contribution in [0.5, 0.6) is 5.75 Å². The molecule has 0 spiro atoms. The fourth-order valence-corrected chi connectivity index (χ4v) is 0.883. The minimum Gasteiger partial charge on any atom is -0.497 e. The molecule has 0 aliphatic rings. The molecule has 0 aliphatic carbocycles. The first kappa shape index (κ1) is 9.46. The van der Waals surface area contributed by atoms with Crippen LogP contribution in [0.4, 0.5) is 8.78 Å². The van der Waals surface area contributed by atoms with Crippen molar-refractivity contribution in [1.29, 1.82) is 5.26 Å². The van der Waals surface area contributed by atoms with Crippen molar-refractivity contribution in [3.63, 3.8) is 0 Å². The molecule has 0 amide bonds. The second kappa shape index (κ2) is 3.40. The van der Waals surface area contributed by atoms with Crippen LogP contribution < -0.4 is 4.74 Å². The van der Waals surface area contributed by atoms with Gasteiger partial charge in [0.1, 0.15) is 11.8 Å². The fourth-order valence-electron chi connectivity index (χ4n) is 0.883. The van der Waals surface area contributed by atoms with Gasteiger partial charge >= 0.3 is 5.92 Å². The third-order valence-electron chi connectivity index (χ3n) is 1.57. The van der Waals surface area contributed by atoms with Gasteiger partial charge in [0.05, 0.1) is 7.11 Å². The van der Waals surface area contributed by atoms with E-state index in [0.717, 1.165) is 12.1 Å². The Morgan fingerprint density at radius 2 is 2.15 bits per heavy atom. The molecule has 0 bridgehead atoms. The first-order valence-electron chi connectivity index (χ1n) is 3.54. The molecule has 1 rings (SSSR count). The Balaban J connectivity index is 3.10. The van der Waals surface area contributed by atoms with Crippen LogP contribution in [0.1, 0.15) is 5.56 Å². The molecule has 0 aliphatic heterocycles. The summed E-state index contributed by atoms with van der Waals surface area (Å²) in [6, 6.07) is 6.20. The van der Waals surface area contributed by atoms with Gasteiger partial charge in [-0.3, -0.25) is 0 Å². The molecule has 1 aromatic carbocycles. The molecule has 1 aromatic rings. The van der Waals surface area contributed by atoms with Crippen molar-refractivity contribution in [3.05, 3.63) is 29.8 Å². The molecule has 13 heavy (non-hydrogen) atoms. The first-order chi connectivity index (χ1) is 6.10. The van der Waals surface area contributed by atoms with E-state index in [-0.39, 0.29) is 5.56 Å². The number of benzene rings is 1. The van der Waals surface area contributed by atoms with Gasteiger partial charge in [0, 0.05) is 5.56 Å². The van der Waals surface area contributed by atoms with E-state index in [0.29, 0.717) is 5.75 Å². The third kappa shape index (κ3) is 1.94. The summed E-state index contributed by atoms with van der Waals surface area (Å²) in [5.41, 5.74) is -0.352. The first-order valence-corrected chi connectivity index (χ1v) is 3.54. The van der Waals surface area contributed by atoms with E-state index < -0.39 is 5.92 Å². The molecule has 0 heterocycles. The fraction of sp³-hybridized carbons (Fsp3) is 0.222. The van der Waals surface area contributed by atoms with Gasteiger partial charge in [0.2, 0.25) is 0 Å². The largest absolute Gasteiger partial charge is 0.497 e. The van der Waals surface area contributed by atoms with Crippen molar-refractivity contribution in [1.82, 2.24) is 0 Å². The number of ether oxygens (including phenoxy) is 1. The molecule has 68 valence electrons. The Hall–Kier alpha value is -1.63. The van der Waals surface area contributed by atoms with Gasteiger partial charge in [-0.25, -0.2) is 0 Å². The van der Waals surface area contributed by atoms with E-state index in [9.17, 15) is 8.78 Å². The van der Waals surface area contributed by atoms with Crippen LogP contribution in [0.2, 0.25) is 0 Å². The van der Waals surface area contributed by atoms with Gasteiger partial charge in [-0.15, -0.1) is 0 Å². The van der Waals surface area contributed by atoms with E-state index in [4.69, 9.17) is 10.00 Å². The SMILES string of the molecule is COc1cccc(C(F)(F)C#N)c1. The van der Waals surface area contributed by atoms with Crippen molar-refractivity contribution >= 4 is 0 Å². The summed E-state index contributed by atoms with van der Waals surface area (Å²) in [4.78, 5) is 0. The average molecular weight is 183 g/mol. The van der Waals surface area contributed by atoms with Crippen molar-refractivity contribution in [2.24, 2.45) is 0 Å². The summed E-state index contributed by atoms with van der Waals surface area (Å²) >= 11 is 0. The molecule has 0 N–H and O–H groups in total. The zero-order valence-corrected chi connectivity index (χ0v) is 6.92. The van der Waals surface area contributed by atoms with Crippen LogP contribution in [0.15, 0.2) is 24.3 Å². The smallest absolute Gasteiger partial charge is 0.357 e. The lowest BCUT2D eigenvalue weighted by molar-refractivity contribution is 0.0610. The number of rotatable bonds is 2. The molecule has 0 aromatic heterocycles. The van der Waals surface area contributed by atoms with E-state index in [1.165, 1.54) is 25.3 Å². The number of methoxy groups -OCH3 is 1. The van der Waals surface area contributed by atoms with Gasteiger partial charge in [-0.2, -0.15) is 14.0 Å². The Kier molecular flexibility index (Phi) is 2.47. The Bertz CT molecular complexity index is 344. The molecular weight excluding hydrogens is 176 g/mol. The second-order valence-electron chi connectivity index (χ2n) is 2.42. The summed E-state index contributed by atoms with van der Waals surface area (Å²) in [5, 5.41) is 8.17. The van der Waals surface area contributed by atoms with Crippen LogP contribution in [0.3, 0.4) is 0 Å². The van der Waals surface area contributed by atoms with Crippen LogP contribution >= 0.6 is 0 Å². The van der Waals surface area contributed by atoms with Gasteiger partial charge in [-0.05, 0) is 12.1 Å². The highest BCUT2D eigenvalue weighted by Crippen LogP contribution is 2.28. The van der Waals surface area contributed by atoms with E-state index in [1.54, 1.807) is 0 Å². The number of hydrogen-bond donors (Lipinski definition) is 0. The molecule has 2 nitrogen and oxygen atoms in total. The summed E-state index contributed by atoms with van der Waals surface area (Å²) in [5.74, 6) is -3.14. The molecule has 0 atom stereocenters. The summed E-state index contributed by atoms with van der Waals surface area (Å²) in [7, 11) is 1.38. The highest BCUT2D eigenvalue weighted by molar-refractivity contribution is 5.33. The highest BCUT2D eigenvalue weighted by atomic mass is 19.3.